The second-order valence-corrected chi connectivity index (χ2v) is 6.85. The molecule has 3 aromatic heterocycles. The molecule has 0 amide bonds. The van der Waals surface area contributed by atoms with Crippen LogP contribution in [0.15, 0.2) is 12.3 Å². The third-order valence-electron chi connectivity index (χ3n) is 5.03. The van der Waals surface area contributed by atoms with Gasteiger partial charge in [-0.25, -0.2) is 0 Å². The van der Waals surface area contributed by atoms with Crippen LogP contribution < -0.4 is 10.6 Å². The zero-order chi connectivity index (χ0) is 17.2. The minimum atomic E-state index is 0.436. The van der Waals surface area contributed by atoms with Crippen LogP contribution in [0.4, 0.5) is 17.6 Å². The Kier molecular flexibility index (Phi) is 4.25. The SMILES string of the molecule is CC[C@H]1CC[C@H](Nc2nc(Nc3cc(C)n[nH]3)c3cn[nH]c3n2)CC1. The Bertz CT molecular complexity index is 843. The molecule has 1 aliphatic carbocycles. The highest BCUT2D eigenvalue weighted by atomic mass is 15.2. The number of nitrogens with zero attached hydrogens (tertiary/aromatic N) is 4. The topological polar surface area (TPSA) is 107 Å². The predicted molar refractivity (Wildman–Crippen MR) is 98.0 cm³/mol. The fourth-order valence-electron chi connectivity index (χ4n) is 3.51. The first-order valence-corrected chi connectivity index (χ1v) is 8.98. The summed E-state index contributed by atoms with van der Waals surface area (Å²) in [7, 11) is 0. The van der Waals surface area contributed by atoms with E-state index in [0.717, 1.165) is 28.5 Å². The van der Waals surface area contributed by atoms with Crippen molar-refractivity contribution >= 4 is 28.6 Å². The Hall–Kier alpha value is -2.64. The molecule has 1 aliphatic rings. The van der Waals surface area contributed by atoms with Gasteiger partial charge in [0.1, 0.15) is 11.6 Å². The van der Waals surface area contributed by atoms with E-state index in [1.165, 1.54) is 32.1 Å². The first-order valence-electron chi connectivity index (χ1n) is 8.98. The maximum atomic E-state index is 4.67. The van der Waals surface area contributed by atoms with Gasteiger partial charge in [0.25, 0.3) is 0 Å². The summed E-state index contributed by atoms with van der Waals surface area (Å²) in [4.78, 5) is 9.24. The van der Waals surface area contributed by atoms with Crippen molar-refractivity contribution in [3.05, 3.63) is 18.0 Å². The average Bonchev–Trinajstić information content (AvgIpc) is 3.24. The van der Waals surface area contributed by atoms with Crippen LogP contribution in [-0.4, -0.2) is 36.4 Å². The van der Waals surface area contributed by atoms with Crippen molar-refractivity contribution in [3.63, 3.8) is 0 Å². The normalized spacial score (nSPS) is 20.7. The molecule has 0 unspecified atom stereocenters. The van der Waals surface area contributed by atoms with Crippen molar-refractivity contribution in [2.45, 2.75) is 52.0 Å². The largest absolute Gasteiger partial charge is 0.351 e. The number of fused-ring (bicyclic) bond motifs is 1. The van der Waals surface area contributed by atoms with E-state index in [1.54, 1.807) is 6.20 Å². The van der Waals surface area contributed by atoms with Crippen molar-refractivity contribution < 1.29 is 0 Å². The van der Waals surface area contributed by atoms with E-state index in [9.17, 15) is 0 Å². The number of anilines is 3. The van der Waals surface area contributed by atoms with Crippen LogP contribution in [0.3, 0.4) is 0 Å². The summed E-state index contributed by atoms with van der Waals surface area (Å²) in [6.45, 7) is 4.22. The zero-order valence-corrected chi connectivity index (χ0v) is 14.6. The second kappa shape index (κ2) is 6.70. The highest BCUT2D eigenvalue weighted by Gasteiger charge is 2.21. The molecule has 1 fully saturated rings. The summed E-state index contributed by atoms with van der Waals surface area (Å²) in [5.41, 5.74) is 1.64. The number of nitrogens with one attached hydrogen (secondary N) is 4. The van der Waals surface area contributed by atoms with Crippen molar-refractivity contribution in [2.24, 2.45) is 5.92 Å². The van der Waals surface area contributed by atoms with Crippen molar-refractivity contribution in [3.8, 4) is 0 Å². The van der Waals surface area contributed by atoms with E-state index in [0.29, 0.717) is 17.8 Å². The van der Waals surface area contributed by atoms with Gasteiger partial charge in [-0.05, 0) is 38.5 Å². The Morgan fingerprint density at radius 1 is 1.16 bits per heavy atom. The van der Waals surface area contributed by atoms with E-state index in [-0.39, 0.29) is 0 Å². The number of rotatable bonds is 5. The number of hydrogen-bond donors (Lipinski definition) is 4. The van der Waals surface area contributed by atoms with Gasteiger partial charge in [-0.2, -0.15) is 20.2 Å². The van der Waals surface area contributed by atoms with Crippen LogP contribution in [0, 0.1) is 12.8 Å². The lowest BCUT2D eigenvalue weighted by molar-refractivity contribution is 0.329. The molecule has 3 heterocycles. The highest BCUT2D eigenvalue weighted by molar-refractivity contribution is 5.88. The average molecular weight is 340 g/mol. The monoisotopic (exact) mass is 340 g/mol. The molecular formula is C17H24N8. The summed E-state index contributed by atoms with van der Waals surface area (Å²) in [6, 6.07) is 2.37. The molecule has 0 aromatic carbocycles. The van der Waals surface area contributed by atoms with E-state index in [2.05, 4.69) is 47.9 Å². The first kappa shape index (κ1) is 15.9. The van der Waals surface area contributed by atoms with Crippen LogP contribution in [0.25, 0.3) is 11.0 Å². The third-order valence-corrected chi connectivity index (χ3v) is 5.03. The molecule has 8 heteroatoms. The maximum absolute atomic E-state index is 4.67. The number of aromatic nitrogens is 6. The molecule has 4 N–H and O–H groups in total. The van der Waals surface area contributed by atoms with Gasteiger partial charge in [-0.3, -0.25) is 10.2 Å². The Morgan fingerprint density at radius 2 is 2.00 bits per heavy atom. The van der Waals surface area contributed by atoms with Gasteiger partial charge in [0.15, 0.2) is 5.65 Å². The van der Waals surface area contributed by atoms with Crippen LogP contribution in [-0.2, 0) is 0 Å². The number of aromatic amines is 2. The van der Waals surface area contributed by atoms with Gasteiger partial charge >= 0.3 is 0 Å². The van der Waals surface area contributed by atoms with Gasteiger partial charge in [0, 0.05) is 12.1 Å². The lowest BCUT2D eigenvalue weighted by Crippen LogP contribution is -2.26. The van der Waals surface area contributed by atoms with Gasteiger partial charge in [0.05, 0.1) is 17.3 Å². The standard InChI is InChI=1S/C17H24N8/c1-3-11-4-6-12(7-5-11)19-17-21-15(13-9-18-25-16(13)22-17)20-14-8-10(2)23-24-14/h8-9,11-12H,3-7H2,1-2H3,(H4,18,19,20,21,22,23,24,25)/t11-,12-. The molecule has 0 bridgehead atoms. The summed E-state index contributed by atoms with van der Waals surface area (Å²) < 4.78 is 0. The van der Waals surface area contributed by atoms with E-state index < -0.39 is 0 Å². The lowest BCUT2D eigenvalue weighted by atomic mass is 9.85. The minimum absolute atomic E-state index is 0.436. The van der Waals surface area contributed by atoms with Crippen LogP contribution in [0.5, 0.6) is 0 Å². The van der Waals surface area contributed by atoms with E-state index >= 15 is 0 Å². The van der Waals surface area contributed by atoms with E-state index in [1.807, 2.05) is 13.0 Å². The zero-order valence-electron chi connectivity index (χ0n) is 14.6. The number of aryl methyl sites for hydroxylation is 1. The summed E-state index contributed by atoms with van der Waals surface area (Å²) >= 11 is 0. The molecule has 0 aliphatic heterocycles. The Labute approximate surface area is 146 Å². The van der Waals surface area contributed by atoms with Gasteiger partial charge in [0.2, 0.25) is 5.95 Å². The number of hydrogen-bond acceptors (Lipinski definition) is 6. The smallest absolute Gasteiger partial charge is 0.226 e. The molecule has 1 saturated carbocycles. The van der Waals surface area contributed by atoms with Gasteiger partial charge in [-0.15, -0.1) is 0 Å². The predicted octanol–water partition coefficient (Wildman–Crippen LogP) is 3.51. The van der Waals surface area contributed by atoms with Crippen molar-refractivity contribution in [2.75, 3.05) is 10.6 Å². The van der Waals surface area contributed by atoms with Crippen LogP contribution in [0.2, 0.25) is 0 Å². The van der Waals surface area contributed by atoms with Gasteiger partial charge in [-0.1, -0.05) is 13.3 Å². The molecule has 132 valence electrons. The van der Waals surface area contributed by atoms with Gasteiger partial charge < -0.3 is 10.6 Å². The van der Waals surface area contributed by atoms with Crippen molar-refractivity contribution in [1.82, 2.24) is 30.4 Å². The van der Waals surface area contributed by atoms with E-state index in [4.69, 9.17) is 0 Å². The Morgan fingerprint density at radius 3 is 2.72 bits per heavy atom. The molecular weight excluding hydrogens is 316 g/mol. The fourth-order valence-corrected chi connectivity index (χ4v) is 3.51. The summed E-state index contributed by atoms with van der Waals surface area (Å²) in [5, 5.41) is 21.8. The van der Waals surface area contributed by atoms with Crippen LogP contribution >= 0.6 is 0 Å². The molecule has 0 spiro atoms. The third kappa shape index (κ3) is 3.42. The minimum Gasteiger partial charge on any atom is -0.351 e. The fraction of sp³-hybridized carbons (Fsp3) is 0.529. The highest BCUT2D eigenvalue weighted by Crippen LogP contribution is 2.29. The molecule has 0 radical (unpaired) electrons. The molecule has 25 heavy (non-hydrogen) atoms. The number of H-pyrrole nitrogens is 2. The summed E-state index contributed by atoms with van der Waals surface area (Å²) in [5.74, 6) is 3.02. The van der Waals surface area contributed by atoms with Crippen LogP contribution in [0.1, 0.15) is 44.7 Å². The molecule has 3 aromatic rings. The first-order chi connectivity index (χ1) is 12.2. The molecule has 0 saturated heterocycles. The van der Waals surface area contributed by atoms with Crippen molar-refractivity contribution in [1.29, 1.82) is 0 Å². The summed E-state index contributed by atoms with van der Waals surface area (Å²) in [6.07, 6.45) is 7.91. The maximum Gasteiger partial charge on any atom is 0.226 e. The quantitative estimate of drug-likeness (QED) is 0.566. The molecule has 0 atom stereocenters. The Balaban J connectivity index is 1.55. The lowest BCUT2D eigenvalue weighted by Gasteiger charge is -2.28. The molecule has 8 nitrogen and oxygen atoms in total. The second-order valence-electron chi connectivity index (χ2n) is 6.85. The molecule has 4 rings (SSSR count).